The van der Waals surface area contributed by atoms with Gasteiger partial charge in [-0.2, -0.15) is 0 Å². The van der Waals surface area contributed by atoms with Crippen LogP contribution in [0.3, 0.4) is 0 Å². The molecule has 1 aromatic carbocycles. The molecule has 13 nitrogen and oxygen atoms in total. The topological polar surface area (TPSA) is 155 Å². The summed E-state index contributed by atoms with van der Waals surface area (Å²) in [4.78, 5) is 81.3. The number of nitrogens with one attached hydrogen (secondary N) is 2. The number of likely N-dealkylation sites (tertiary alicyclic amines) is 1. The Hall–Kier alpha value is -4.42. The fourth-order valence-electron chi connectivity index (χ4n) is 5.16. The SMILES string of the molecule is C=CCOC(=O)CNC(=O)C(=O)C(CCC)NC(=O)C1CCCN1C(=O)c1ccc(N2CCN(C(=O)OC(C)(C)C)CC2)cc1. The molecule has 2 unspecified atom stereocenters. The summed E-state index contributed by atoms with van der Waals surface area (Å²) in [5, 5.41) is 4.88. The van der Waals surface area contributed by atoms with Crippen LogP contribution in [0.4, 0.5) is 10.5 Å². The fraction of sp³-hybridized carbons (Fsp3) is 0.562. The second-order valence-electron chi connectivity index (χ2n) is 12.0. The predicted molar refractivity (Wildman–Crippen MR) is 167 cm³/mol. The van der Waals surface area contributed by atoms with Gasteiger partial charge in [0.2, 0.25) is 11.7 Å². The molecule has 4 amide bonds. The van der Waals surface area contributed by atoms with E-state index in [0.29, 0.717) is 57.5 Å². The number of rotatable bonds is 12. The number of nitrogens with zero attached hydrogens (tertiary/aromatic N) is 3. The van der Waals surface area contributed by atoms with E-state index in [0.717, 1.165) is 5.69 Å². The minimum Gasteiger partial charge on any atom is -0.460 e. The molecule has 0 radical (unpaired) electrons. The van der Waals surface area contributed by atoms with Crippen molar-refractivity contribution in [1.29, 1.82) is 0 Å². The van der Waals surface area contributed by atoms with E-state index in [-0.39, 0.29) is 25.0 Å². The number of amides is 4. The molecule has 2 heterocycles. The molecule has 0 saturated carbocycles. The molecule has 0 spiro atoms. The Morgan fingerprint density at radius 2 is 1.69 bits per heavy atom. The summed E-state index contributed by atoms with van der Waals surface area (Å²) in [6.07, 6.45) is 2.81. The van der Waals surface area contributed by atoms with Gasteiger partial charge in [-0.05, 0) is 64.3 Å². The fourth-order valence-corrected chi connectivity index (χ4v) is 5.16. The van der Waals surface area contributed by atoms with Crippen molar-refractivity contribution in [2.45, 2.75) is 71.1 Å². The standard InChI is InChI=1S/C32H45N5O8/c1-6-9-24(27(39)29(41)33-21-26(38)44-20-7-2)34-28(40)25-10-8-15-37(25)30(42)22-11-13-23(14-12-22)35-16-18-36(19-17-35)31(43)45-32(3,4)5/h7,11-14,24-25H,2,6,8-10,15-21H2,1,3-5H3,(H,33,41)(H,34,40). The van der Waals surface area contributed by atoms with Gasteiger partial charge in [0.1, 0.15) is 24.8 Å². The summed E-state index contributed by atoms with van der Waals surface area (Å²) >= 11 is 0. The Balaban J connectivity index is 1.57. The van der Waals surface area contributed by atoms with Gasteiger partial charge in [-0.1, -0.05) is 26.0 Å². The number of esters is 1. The van der Waals surface area contributed by atoms with Crippen molar-refractivity contribution in [3.63, 3.8) is 0 Å². The van der Waals surface area contributed by atoms with Gasteiger partial charge in [0.15, 0.2) is 0 Å². The molecule has 0 aromatic heterocycles. The number of piperazine rings is 1. The molecule has 13 heteroatoms. The van der Waals surface area contributed by atoms with Crippen molar-refractivity contribution in [2.24, 2.45) is 0 Å². The van der Waals surface area contributed by atoms with Crippen LogP contribution in [0, 0.1) is 0 Å². The molecule has 1 aromatic rings. The first-order valence-corrected chi connectivity index (χ1v) is 15.4. The van der Waals surface area contributed by atoms with E-state index >= 15 is 0 Å². The van der Waals surface area contributed by atoms with Gasteiger partial charge in [-0.3, -0.25) is 24.0 Å². The van der Waals surface area contributed by atoms with Gasteiger partial charge >= 0.3 is 12.1 Å². The van der Waals surface area contributed by atoms with Crippen LogP contribution in [0.25, 0.3) is 0 Å². The second-order valence-corrected chi connectivity index (χ2v) is 12.0. The molecular weight excluding hydrogens is 582 g/mol. The third-order valence-corrected chi connectivity index (χ3v) is 7.42. The minimum atomic E-state index is -1.10. The van der Waals surface area contributed by atoms with E-state index in [4.69, 9.17) is 9.47 Å². The van der Waals surface area contributed by atoms with Crippen LogP contribution in [-0.2, 0) is 28.7 Å². The van der Waals surface area contributed by atoms with Crippen molar-refractivity contribution >= 4 is 41.3 Å². The molecule has 2 saturated heterocycles. The zero-order valence-electron chi connectivity index (χ0n) is 26.6. The average Bonchev–Trinajstić information content (AvgIpc) is 3.51. The maximum Gasteiger partial charge on any atom is 0.410 e. The lowest BCUT2D eigenvalue weighted by molar-refractivity contribution is -0.145. The Bertz CT molecular complexity index is 1250. The lowest BCUT2D eigenvalue weighted by Crippen LogP contribution is -2.53. The highest BCUT2D eigenvalue weighted by atomic mass is 16.6. The summed E-state index contributed by atoms with van der Waals surface area (Å²) in [6, 6.07) is 5.26. The first-order chi connectivity index (χ1) is 21.3. The quantitative estimate of drug-likeness (QED) is 0.201. The van der Waals surface area contributed by atoms with Crippen molar-refractivity contribution in [1.82, 2.24) is 20.4 Å². The van der Waals surface area contributed by atoms with Gasteiger partial charge in [0.05, 0.1) is 6.04 Å². The molecule has 3 rings (SSSR count). The molecule has 2 atom stereocenters. The zero-order valence-corrected chi connectivity index (χ0v) is 26.6. The average molecular weight is 628 g/mol. The molecule has 2 aliphatic rings. The monoisotopic (exact) mass is 627 g/mol. The first kappa shape index (κ1) is 35.1. The Morgan fingerprint density at radius 3 is 2.29 bits per heavy atom. The number of hydrogen-bond donors (Lipinski definition) is 2. The van der Waals surface area contributed by atoms with Crippen LogP contribution in [0.1, 0.15) is 63.7 Å². The van der Waals surface area contributed by atoms with E-state index in [1.807, 2.05) is 39.8 Å². The van der Waals surface area contributed by atoms with Crippen LogP contribution in [0.5, 0.6) is 0 Å². The first-order valence-electron chi connectivity index (χ1n) is 15.4. The third-order valence-electron chi connectivity index (χ3n) is 7.42. The Labute approximate surface area is 264 Å². The number of ether oxygens (including phenoxy) is 2. The normalized spacial score (nSPS) is 17.2. The molecular formula is C32H45N5O8. The Kier molecular flexibility index (Phi) is 12.5. The lowest BCUT2D eigenvalue weighted by Gasteiger charge is -2.36. The van der Waals surface area contributed by atoms with E-state index in [1.54, 1.807) is 17.0 Å². The van der Waals surface area contributed by atoms with Crippen LogP contribution in [0.2, 0.25) is 0 Å². The van der Waals surface area contributed by atoms with Gasteiger partial charge in [0.25, 0.3) is 11.8 Å². The van der Waals surface area contributed by atoms with Crippen LogP contribution >= 0.6 is 0 Å². The minimum absolute atomic E-state index is 0.0212. The molecule has 45 heavy (non-hydrogen) atoms. The summed E-state index contributed by atoms with van der Waals surface area (Å²) < 4.78 is 10.2. The van der Waals surface area contributed by atoms with Crippen LogP contribution in [0.15, 0.2) is 36.9 Å². The number of Topliss-reactive ketones (excluding diaryl/α,β-unsaturated/α-hetero) is 1. The number of benzene rings is 1. The van der Waals surface area contributed by atoms with Gasteiger partial charge in [0, 0.05) is 44.0 Å². The predicted octanol–water partition coefficient (Wildman–Crippen LogP) is 2.05. The van der Waals surface area contributed by atoms with E-state index < -0.39 is 47.8 Å². The zero-order chi connectivity index (χ0) is 33.1. The number of carbonyl (C=O) groups is 6. The maximum atomic E-state index is 13.5. The van der Waals surface area contributed by atoms with Gasteiger partial charge in [-0.15, -0.1) is 0 Å². The van der Waals surface area contributed by atoms with E-state index in [2.05, 4.69) is 22.1 Å². The third kappa shape index (κ3) is 10.0. The molecule has 246 valence electrons. The van der Waals surface area contributed by atoms with Gasteiger partial charge in [-0.25, -0.2) is 4.79 Å². The van der Waals surface area contributed by atoms with Gasteiger partial charge < -0.3 is 34.8 Å². The molecule has 2 N–H and O–H groups in total. The van der Waals surface area contributed by atoms with Crippen LogP contribution < -0.4 is 15.5 Å². The van der Waals surface area contributed by atoms with Crippen molar-refractivity contribution in [2.75, 3.05) is 50.8 Å². The Morgan fingerprint density at radius 1 is 1.02 bits per heavy atom. The summed E-state index contributed by atoms with van der Waals surface area (Å²) in [6.45, 7) is 12.9. The van der Waals surface area contributed by atoms with E-state index in [1.165, 1.54) is 11.0 Å². The van der Waals surface area contributed by atoms with Crippen molar-refractivity contribution < 1.29 is 38.2 Å². The molecule has 2 aliphatic heterocycles. The number of anilines is 1. The smallest absolute Gasteiger partial charge is 0.410 e. The summed E-state index contributed by atoms with van der Waals surface area (Å²) in [5.41, 5.74) is 0.787. The lowest BCUT2D eigenvalue weighted by atomic mass is 10.0. The molecule has 0 aliphatic carbocycles. The number of carbonyl (C=O) groups excluding carboxylic acids is 6. The highest BCUT2D eigenvalue weighted by molar-refractivity contribution is 6.38. The molecule has 2 fully saturated rings. The summed E-state index contributed by atoms with van der Waals surface area (Å²) in [5.74, 6) is -3.41. The summed E-state index contributed by atoms with van der Waals surface area (Å²) in [7, 11) is 0. The van der Waals surface area contributed by atoms with Crippen LogP contribution in [-0.4, -0.2) is 109 Å². The van der Waals surface area contributed by atoms with Crippen molar-refractivity contribution in [3.05, 3.63) is 42.5 Å². The highest BCUT2D eigenvalue weighted by Crippen LogP contribution is 2.23. The number of hydrogen-bond acceptors (Lipinski definition) is 9. The largest absolute Gasteiger partial charge is 0.460 e. The maximum absolute atomic E-state index is 13.5. The van der Waals surface area contributed by atoms with Crippen molar-refractivity contribution in [3.8, 4) is 0 Å². The highest BCUT2D eigenvalue weighted by Gasteiger charge is 2.37. The van der Waals surface area contributed by atoms with E-state index in [9.17, 15) is 28.8 Å². The molecule has 0 bridgehead atoms. The second kappa shape index (κ2) is 16.1. The number of ketones is 1.